The van der Waals surface area contributed by atoms with E-state index in [1.165, 1.54) is 6.07 Å². The van der Waals surface area contributed by atoms with Crippen LogP contribution in [0, 0.1) is 6.92 Å². The van der Waals surface area contributed by atoms with Crippen LogP contribution in [-0.4, -0.2) is 6.03 Å². The van der Waals surface area contributed by atoms with Gasteiger partial charge in [-0.05, 0) is 36.8 Å². The molecule has 0 aliphatic carbocycles. The topological polar surface area (TPSA) is 41.1 Å². The first-order valence-electron chi connectivity index (χ1n) is 6.28. The lowest BCUT2D eigenvalue weighted by Gasteiger charge is -2.13. The van der Waals surface area contributed by atoms with Crippen LogP contribution in [0.1, 0.15) is 11.1 Å². The summed E-state index contributed by atoms with van der Waals surface area (Å²) in [7, 11) is 0. The lowest BCUT2D eigenvalue weighted by molar-refractivity contribution is -0.137. The SMILES string of the molecule is Cc1ccccc1NC(=O)Nc1ccc(Cl)c(C(F)(F)F)c1. The molecule has 2 aromatic carbocycles. The van der Waals surface area contributed by atoms with E-state index in [9.17, 15) is 18.0 Å². The van der Waals surface area contributed by atoms with Gasteiger partial charge in [0.15, 0.2) is 0 Å². The number of nitrogens with one attached hydrogen (secondary N) is 2. The molecule has 0 bridgehead atoms. The molecule has 3 nitrogen and oxygen atoms in total. The summed E-state index contributed by atoms with van der Waals surface area (Å²) < 4.78 is 38.3. The predicted octanol–water partition coefficient (Wildman–Crippen LogP) is 5.31. The fourth-order valence-corrected chi connectivity index (χ4v) is 2.04. The number of carbonyl (C=O) groups excluding carboxylic acids is 1. The van der Waals surface area contributed by atoms with Crippen LogP contribution in [0.2, 0.25) is 5.02 Å². The van der Waals surface area contributed by atoms with E-state index in [1.807, 2.05) is 6.07 Å². The van der Waals surface area contributed by atoms with Gasteiger partial charge in [0, 0.05) is 11.4 Å². The van der Waals surface area contributed by atoms with Crippen LogP contribution in [-0.2, 0) is 6.18 Å². The van der Waals surface area contributed by atoms with E-state index in [1.54, 1.807) is 25.1 Å². The maximum absolute atomic E-state index is 12.8. The molecular weight excluding hydrogens is 317 g/mol. The molecule has 0 heterocycles. The molecule has 0 fully saturated rings. The first kappa shape index (κ1) is 16.2. The molecule has 116 valence electrons. The number of anilines is 2. The molecule has 2 N–H and O–H groups in total. The van der Waals surface area contributed by atoms with Crippen molar-refractivity contribution in [3.63, 3.8) is 0 Å². The molecule has 2 aromatic rings. The normalized spacial score (nSPS) is 11.1. The highest BCUT2D eigenvalue weighted by atomic mass is 35.5. The predicted molar refractivity (Wildman–Crippen MR) is 80.3 cm³/mol. The van der Waals surface area contributed by atoms with Gasteiger partial charge in [-0.1, -0.05) is 29.8 Å². The highest BCUT2D eigenvalue weighted by Gasteiger charge is 2.33. The highest BCUT2D eigenvalue weighted by molar-refractivity contribution is 6.31. The first-order chi connectivity index (χ1) is 10.3. The van der Waals surface area contributed by atoms with Gasteiger partial charge in [0.2, 0.25) is 0 Å². The van der Waals surface area contributed by atoms with Crippen molar-refractivity contribution in [2.45, 2.75) is 13.1 Å². The summed E-state index contributed by atoms with van der Waals surface area (Å²) >= 11 is 5.52. The molecule has 0 aliphatic rings. The fraction of sp³-hybridized carbons (Fsp3) is 0.133. The number of urea groups is 1. The van der Waals surface area contributed by atoms with Crippen molar-refractivity contribution >= 4 is 29.0 Å². The van der Waals surface area contributed by atoms with Crippen LogP contribution in [0.3, 0.4) is 0 Å². The van der Waals surface area contributed by atoms with Crippen LogP contribution < -0.4 is 10.6 Å². The molecule has 0 unspecified atom stereocenters. The largest absolute Gasteiger partial charge is 0.417 e. The lowest BCUT2D eigenvalue weighted by atomic mass is 10.2. The quantitative estimate of drug-likeness (QED) is 0.770. The number of carbonyl (C=O) groups is 1. The minimum Gasteiger partial charge on any atom is -0.308 e. The van der Waals surface area contributed by atoms with Crippen LogP contribution in [0.15, 0.2) is 42.5 Å². The number of hydrogen-bond acceptors (Lipinski definition) is 1. The third-order valence-corrected chi connectivity index (χ3v) is 3.25. The number of halogens is 4. The van der Waals surface area contributed by atoms with Crippen LogP contribution in [0.25, 0.3) is 0 Å². The summed E-state index contributed by atoms with van der Waals surface area (Å²) in [4.78, 5) is 11.8. The lowest BCUT2D eigenvalue weighted by Crippen LogP contribution is -2.20. The van der Waals surface area contributed by atoms with Gasteiger partial charge in [0.05, 0.1) is 10.6 Å². The van der Waals surface area contributed by atoms with Crippen LogP contribution >= 0.6 is 11.6 Å². The molecule has 0 saturated carbocycles. The van der Waals surface area contributed by atoms with Gasteiger partial charge in [-0.15, -0.1) is 0 Å². The second kappa shape index (κ2) is 6.27. The van der Waals surface area contributed by atoms with Crippen molar-refractivity contribution in [3.8, 4) is 0 Å². The van der Waals surface area contributed by atoms with Gasteiger partial charge in [-0.3, -0.25) is 0 Å². The smallest absolute Gasteiger partial charge is 0.308 e. The fourth-order valence-electron chi connectivity index (χ4n) is 1.82. The Hall–Kier alpha value is -2.21. The third kappa shape index (κ3) is 3.92. The molecule has 0 aromatic heterocycles. The molecule has 0 aliphatic heterocycles. The molecule has 0 saturated heterocycles. The molecular formula is C15H12ClF3N2O. The average molecular weight is 329 g/mol. The minimum atomic E-state index is -4.58. The van der Waals surface area contributed by atoms with Gasteiger partial charge in [-0.2, -0.15) is 13.2 Å². The zero-order chi connectivity index (χ0) is 16.3. The van der Waals surface area contributed by atoms with E-state index >= 15 is 0 Å². The first-order valence-corrected chi connectivity index (χ1v) is 6.65. The summed E-state index contributed by atoms with van der Waals surface area (Å²) in [6.45, 7) is 1.81. The number of para-hydroxylation sites is 1. The number of alkyl halides is 3. The van der Waals surface area contributed by atoms with E-state index in [0.717, 1.165) is 17.7 Å². The second-order valence-corrected chi connectivity index (χ2v) is 4.99. The number of amides is 2. The Morgan fingerprint density at radius 1 is 1.09 bits per heavy atom. The van der Waals surface area contributed by atoms with E-state index in [0.29, 0.717) is 5.69 Å². The average Bonchev–Trinajstić information content (AvgIpc) is 2.42. The minimum absolute atomic E-state index is 0.00260. The van der Waals surface area contributed by atoms with Crippen molar-refractivity contribution in [1.29, 1.82) is 0 Å². The summed E-state index contributed by atoms with van der Waals surface area (Å²) in [5, 5.41) is 4.50. The van der Waals surface area contributed by atoms with Crippen molar-refractivity contribution < 1.29 is 18.0 Å². The van der Waals surface area contributed by atoms with Gasteiger partial charge in [-0.25, -0.2) is 4.79 Å². The summed E-state index contributed by atoms with van der Waals surface area (Å²) in [6, 6.07) is 9.60. The summed E-state index contributed by atoms with van der Waals surface area (Å²) in [6.07, 6.45) is -4.58. The Balaban J connectivity index is 2.14. The van der Waals surface area contributed by atoms with E-state index in [2.05, 4.69) is 10.6 Å². The van der Waals surface area contributed by atoms with Crippen molar-refractivity contribution in [1.82, 2.24) is 0 Å². The number of aryl methyl sites for hydroxylation is 1. The van der Waals surface area contributed by atoms with Gasteiger partial charge in [0.1, 0.15) is 0 Å². The van der Waals surface area contributed by atoms with E-state index < -0.39 is 22.8 Å². The zero-order valence-electron chi connectivity index (χ0n) is 11.5. The molecule has 22 heavy (non-hydrogen) atoms. The highest BCUT2D eigenvalue weighted by Crippen LogP contribution is 2.36. The molecule has 0 atom stereocenters. The van der Waals surface area contributed by atoms with Crippen LogP contribution in [0.5, 0.6) is 0 Å². The van der Waals surface area contributed by atoms with Gasteiger partial charge < -0.3 is 10.6 Å². The monoisotopic (exact) mass is 328 g/mol. The number of rotatable bonds is 2. The summed E-state index contributed by atoms with van der Waals surface area (Å²) in [5.74, 6) is 0. The number of hydrogen-bond donors (Lipinski definition) is 2. The Kier molecular flexibility index (Phi) is 4.61. The second-order valence-electron chi connectivity index (χ2n) is 4.59. The molecule has 2 rings (SSSR count). The van der Waals surface area contributed by atoms with Crippen molar-refractivity contribution in [2.24, 2.45) is 0 Å². The maximum atomic E-state index is 12.8. The maximum Gasteiger partial charge on any atom is 0.417 e. The third-order valence-electron chi connectivity index (χ3n) is 2.92. The van der Waals surface area contributed by atoms with Crippen molar-refractivity contribution in [3.05, 3.63) is 58.6 Å². The Morgan fingerprint density at radius 3 is 2.41 bits per heavy atom. The molecule has 0 radical (unpaired) electrons. The van der Waals surface area contributed by atoms with E-state index in [-0.39, 0.29) is 5.69 Å². The Bertz CT molecular complexity index is 701. The van der Waals surface area contributed by atoms with Gasteiger partial charge >= 0.3 is 12.2 Å². The molecule has 7 heteroatoms. The molecule has 0 spiro atoms. The van der Waals surface area contributed by atoms with Crippen LogP contribution in [0.4, 0.5) is 29.3 Å². The Labute approximate surface area is 130 Å². The van der Waals surface area contributed by atoms with Gasteiger partial charge in [0.25, 0.3) is 0 Å². The van der Waals surface area contributed by atoms with E-state index in [4.69, 9.17) is 11.6 Å². The Morgan fingerprint density at radius 2 is 1.77 bits per heavy atom. The molecule has 2 amide bonds. The zero-order valence-corrected chi connectivity index (χ0v) is 12.2. The number of benzene rings is 2. The standard InChI is InChI=1S/C15H12ClF3N2O/c1-9-4-2-3-5-13(9)21-14(22)20-10-6-7-12(16)11(8-10)15(17,18)19/h2-8H,1H3,(H2,20,21,22). The van der Waals surface area contributed by atoms with Crippen molar-refractivity contribution in [2.75, 3.05) is 10.6 Å². The summed E-state index contributed by atoms with van der Waals surface area (Å²) in [5.41, 5.74) is 0.417.